The van der Waals surface area contributed by atoms with Crippen LogP contribution in [-0.2, 0) is 14.6 Å². The summed E-state index contributed by atoms with van der Waals surface area (Å²) in [5.41, 5.74) is 0.609. The SMILES string of the molecule is CC(=O)Nc1ccc(S(=O)(=O)CCN2CCCCC2)cc1. The van der Waals surface area contributed by atoms with Crippen LogP contribution in [0.5, 0.6) is 0 Å². The van der Waals surface area contributed by atoms with Crippen molar-refractivity contribution >= 4 is 21.4 Å². The van der Waals surface area contributed by atoms with Gasteiger partial charge in [-0.15, -0.1) is 0 Å². The zero-order chi connectivity index (χ0) is 15.3. The maximum atomic E-state index is 12.3. The van der Waals surface area contributed by atoms with Gasteiger partial charge in [0.2, 0.25) is 5.91 Å². The van der Waals surface area contributed by atoms with Crippen molar-refractivity contribution < 1.29 is 13.2 Å². The summed E-state index contributed by atoms with van der Waals surface area (Å²) >= 11 is 0. The fourth-order valence-corrected chi connectivity index (χ4v) is 3.78. The van der Waals surface area contributed by atoms with Crippen molar-refractivity contribution in [3.63, 3.8) is 0 Å². The van der Waals surface area contributed by atoms with E-state index >= 15 is 0 Å². The first-order valence-electron chi connectivity index (χ1n) is 7.30. The summed E-state index contributed by atoms with van der Waals surface area (Å²) in [6.07, 6.45) is 3.56. The Balaban J connectivity index is 1.96. The molecule has 1 N–H and O–H groups in total. The van der Waals surface area contributed by atoms with Crippen LogP contribution < -0.4 is 5.32 Å². The zero-order valence-corrected chi connectivity index (χ0v) is 13.2. The predicted molar refractivity (Wildman–Crippen MR) is 83.1 cm³/mol. The lowest BCUT2D eigenvalue weighted by Gasteiger charge is -2.26. The monoisotopic (exact) mass is 310 g/mol. The minimum atomic E-state index is -3.26. The molecular formula is C15H22N2O3S. The molecule has 0 unspecified atom stereocenters. The summed E-state index contributed by atoms with van der Waals surface area (Å²) < 4.78 is 24.6. The quantitative estimate of drug-likeness (QED) is 0.902. The summed E-state index contributed by atoms with van der Waals surface area (Å²) in [4.78, 5) is 13.5. The Labute approximate surface area is 126 Å². The van der Waals surface area contributed by atoms with E-state index < -0.39 is 9.84 Å². The molecule has 0 aromatic heterocycles. The van der Waals surface area contributed by atoms with Crippen LogP contribution in [0, 0.1) is 0 Å². The Kier molecular flexibility index (Phi) is 5.36. The lowest BCUT2D eigenvalue weighted by Crippen LogP contribution is -2.33. The molecule has 21 heavy (non-hydrogen) atoms. The van der Waals surface area contributed by atoms with Gasteiger partial charge in [-0.1, -0.05) is 6.42 Å². The van der Waals surface area contributed by atoms with E-state index in [1.54, 1.807) is 24.3 Å². The number of carbonyl (C=O) groups is 1. The van der Waals surface area contributed by atoms with Crippen LogP contribution in [0.2, 0.25) is 0 Å². The number of piperidine rings is 1. The highest BCUT2D eigenvalue weighted by molar-refractivity contribution is 7.91. The first-order valence-corrected chi connectivity index (χ1v) is 8.95. The zero-order valence-electron chi connectivity index (χ0n) is 12.3. The third-order valence-corrected chi connectivity index (χ3v) is 5.37. The molecule has 1 aliphatic heterocycles. The molecule has 0 bridgehead atoms. The topological polar surface area (TPSA) is 66.5 Å². The minimum Gasteiger partial charge on any atom is -0.326 e. The Bertz CT molecular complexity index is 575. The molecule has 1 saturated heterocycles. The third-order valence-electron chi connectivity index (χ3n) is 3.66. The maximum Gasteiger partial charge on any atom is 0.221 e. The van der Waals surface area contributed by atoms with E-state index in [1.807, 2.05) is 0 Å². The summed E-state index contributed by atoms with van der Waals surface area (Å²) in [7, 11) is -3.26. The van der Waals surface area contributed by atoms with Crippen LogP contribution in [0.4, 0.5) is 5.69 Å². The lowest BCUT2D eigenvalue weighted by molar-refractivity contribution is -0.114. The molecule has 0 saturated carbocycles. The minimum absolute atomic E-state index is 0.145. The molecule has 1 aromatic rings. The Morgan fingerprint density at radius 2 is 1.76 bits per heavy atom. The number of sulfone groups is 1. The normalized spacial score (nSPS) is 16.6. The first kappa shape index (κ1) is 16.0. The summed E-state index contributed by atoms with van der Waals surface area (Å²) in [5, 5.41) is 2.63. The number of nitrogens with one attached hydrogen (secondary N) is 1. The summed E-state index contributed by atoms with van der Waals surface area (Å²) in [6.45, 7) is 4.01. The molecule has 1 fully saturated rings. The van der Waals surface area contributed by atoms with Gasteiger partial charge in [0.25, 0.3) is 0 Å². The van der Waals surface area contributed by atoms with Gasteiger partial charge in [0.05, 0.1) is 10.6 Å². The Hall–Kier alpha value is -1.40. The largest absolute Gasteiger partial charge is 0.326 e. The first-order chi connectivity index (χ1) is 9.97. The van der Waals surface area contributed by atoms with Crippen molar-refractivity contribution in [3.05, 3.63) is 24.3 Å². The molecule has 2 rings (SSSR count). The van der Waals surface area contributed by atoms with Crippen molar-refractivity contribution in [1.29, 1.82) is 0 Å². The number of amides is 1. The van der Waals surface area contributed by atoms with Gasteiger partial charge in [-0.05, 0) is 50.2 Å². The lowest BCUT2D eigenvalue weighted by atomic mass is 10.1. The highest BCUT2D eigenvalue weighted by Crippen LogP contribution is 2.16. The molecule has 0 aliphatic carbocycles. The van der Waals surface area contributed by atoms with Crippen molar-refractivity contribution in [1.82, 2.24) is 4.90 Å². The van der Waals surface area contributed by atoms with E-state index in [1.165, 1.54) is 13.3 Å². The second-order valence-corrected chi connectivity index (χ2v) is 7.54. The number of carbonyl (C=O) groups excluding carboxylic acids is 1. The van der Waals surface area contributed by atoms with E-state index in [0.29, 0.717) is 17.1 Å². The van der Waals surface area contributed by atoms with Gasteiger partial charge in [-0.2, -0.15) is 0 Å². The number of benzene rings is 1. The smallest absolute Gasteiger partial charge is 0.221 e. The van der Waals surface area contributed by atoms with E-state index in [9.17, 15) is 13.2 Å². The van der Waals surface area contributed by atoms with Crippen LogP contribution in [0.15, 0.2) is 29.2 Å². The van der Waals surface area contributed by atoms with Crippen LogP contribution in [-0.4, -0.2) is 44.6 Å². The van der Waals surface area contributed by atoms with Crippen molar-refractivity contribution in [2.24, 2.45) is 0 Å². The van der Waals surface area contributed by atoms with Crippen LogP contribution >= 0.6 is 0 Å². The van der Waals surface area contributed by atoms with Gasteiger partial charge in [0.1, 0.15) is 0 Å². The standard InChI is InChI=1S/C15H22N2O3S/c1-13(18)16-14-5-7-15(8-6-14)21(19,20)12-11-17-9-3-2-4-10-17/h5-8H,2-4,9-12H2,1H3,(H,16,18). The van der Waals surface area contributed by atoms with Crippen molar-refractivity contribution in [2.45, 2.75) is 31.1 Å². The Morgan fingerprint density at radius 3 is 2.33 bits per heavy atom. The molecule has 0 radical (unpaired) electrons. The van der Waals surface area contributed by atoms with Crippen molar-refractivity contribution in [3.8, 4) is 0 Å². The highest BCUT2D eigenvalue weighted by Gasteiger charge is 2.17. The summed E-state index contributed by atoms with van der Waals surface area (Å²) in [6, 6.07) is 6.35. The average molecular weight is 310 g/mol. The molecule has 0 spiro atoms. The van der Waals surface area contributed by atoms with Gasteiger partial charge in [0, 0.05) is 19.2 Å². The second-order valence-electron chi connectivity index (χ2n) is 5.43. The number of nitrogens with zero attached hydrogens (tertiary/aromatic N) is 1. The Morgan fingerprint density at radius 1 is 1.14 bits per heavy atom. The van der Waals surface area contributed by atoms with E-state index in [2.05, 4.69) is 10.2 Å². The number of hydrogen-bond acceptors (Lipinski definition) is 4. The molecule has 1 amide bonds. The van der Waals surface area contributed by atoms with Crippen LogP contribution in [0.3, 0.4) is 0 Å². The molecule has 0 atom stereocenters. The van der Waals surface area contributed by atoms with E-state index in [-0.39, 0.29) is 11.7 Å². The van der Waals surface area contributed by atoms with Gasteiger partial charge < -0.3 is 10.2 Å². The predicted octanol–water partition coefficient (Wildman–Crippen LogP) is 1.90. The molecule has 116 valence electrons. The van der Waals surface area contributed by atoms with E-state index in [0.717, 1.165) is 25.9 Å². The van der Waals surface area contributed by atoms with E-state index in [4.69, 9.17) is 0 Å². The van der Waals surface area contributed by atoms with Gasteiger partial charge in [0.15, 0.2) is 9.84 Å². The molecule has 1 aromatic carbocycles. The van der Waals surface area contributed by atoms with Crippen molar-refractivity contribution in [2.75, 3.05) is 30.7 Å². The number of hydrogen-bond donors (Lipinski definition) is 1. The molecule has 1 heterocycles. The van der Waals surface area contributed by atoms with Gasteiger partial charge >= 0.3 is 0 Å². The molecule has 1 aliphatic rings. The maximum absolute atomic E-state index is 12.3. The van der Waals surface area contributed by atoms with Crippen LogP contribution in [0.25, 0.3) is 0 Å². The number of likely N-dealkylation sites (tertiary alicyclic amines) is 1. The van der Waals surface area contributed by atoms with Gasteiger partial charge in [-0.3, -0.25) is 4.79 Å². The molecule has 6 heteroatoms. The molecular weight excluding hydrogens is 288 g/mol. The fourth-order valence-electron chi connectivity index (χ4n) is 2.50. The fraction of sp³-hybridized carbons (Fsp3) is 0.533. The highest BCUT2D eigenvalue weighted by atomic mass is 32.2. The van der Waals surface area contributed by atoms with Gasteiger partial charge in [-0.25, -0.2) is 8.42 Å². The number of anilines is 1. The summed E-state index contributed by atoms with van der Waals surface area (Å²) in [5.74, 6) is -0.0253. The number of rotatable bonds is 5. The third kappa shape index (κ3) is 4.82. The van der Waals surface area contributed by atoms with Crippen LogP contribution in [0.1, 0.15) is 26.2 Å². The molecule has 5 nitrogen and oxygen atoms in total. The second kappa shape index (κ2) is 7.04. The average Bonchev–Trinajstić information content (AvgIpc) is 2.46.